The van der Waals surface area contributed by atoms with Gasteiger partial charge in [-0.2, -0.15) is 10.1 Å². The van der Waals surface area contributed by atoms with Gasteiger partial charge in [0.2, 0.25) is 11.8 Å². The van der Waals surface area contributed by atoms with E-state index >= 15 is 0 Å². The van der Waals surface area contributed by atoms with Crippen LogP contribution in [0.25, 0.3) is 0 Å². The van der Waals surface area contributed by atoms with E-state index in [1.54, 1.807) is 19.4 Å². The molecule has 3 rings (SSSR count). The lowest BCUT2D eigenvalue weighted by atomic mass is 10.1. The van der Waals surface area contributed by atoms with Crippen LogP contribution < -0.4 is 9.64 Å². The van der Waals surface area contributed by atoms with E-state index in [1.807, 2.05) is 6.92 Å². The van der Waals surface area contributed by atoms with Crippen molar-refractivity contribution >= 4 is 5.95 Å². The van der Waals surface area contributed by atoms with Crippen LogP contribution in [0, 0.1) is 13.8 Å². The Labute approximate surface area is 112 Å². The molecule has 2 aromatic heterocycles. The van der Waals surface area contributed by atoms with Gasteiger partial charge in [0.05, 0.1) is 18.8 Å². The lowest BCUT2D eigenvalue weighted by Crippen LogP contribution is -2.49. The largest absolute Gasteiger partial charge is 0.481 e. The number of anilines is 1. The third-order valence-electron chi connectivity index (χ3n) is 3.36. The lowest BCUT2D eigenvalue weighted by molar-refractivity contribution is 0.352. The molecule has 0 unspecified atom stereocenters. The summed E-state index contributed by atoms with van der Waals surface area (Å²) >= 11 is 0. The minimum atomic E-state index is 0.406. The zero-order valence-corrected chi connectivity index (χ0v) is 11.4. The fraction of sp³-hybridized carbons (Fsp3) is 0.462. The summed E-state index contributed by atoms with van der Waals surface area (Å²) in [4.78, 5) is 10.7. The van der Waals surface area contributed by atoms with E-state index in [-0.39, 0.29) is 0 Å². The van der Waals surface area contributed by atoms with Gasteiger partial charge in [-0.1, -0.05) is 0 Å². The van der Waals surface area contributed by atoms with Crippen LogP contribution >= 0.6 is 0 Å². The molecular weight excluding hydrogens is 242 g/mol. The van der Waals surface area contributed by atoms with Crippen LogP contribution in [0.15, 0.2) is 18.3 Å². The first-order valence-electron chi connectivity index (χ1n) is 6.32. The first-order chi connectivity index (χ1) is 9.17. The Balaban J connectivity index is 1.71. The maximum atomic E-state index is 5.11. The van der Waals surface area contributed by atoms with Crippen molar-refractivity contribution in [2.75, 3.05) is 25.1 Å². The van der Waals surface area contributed by atoms with E-state index in [0.29, 0.717) is 11.9 Å². The van der Waals surface area contributed by atoms with Crippen molar-refractivity contribution in [1.29, 1.82) is 0 Å². The van der Waals surface area contributed by atoms with E-state index in [9.17, 15) is 0 Å². The second kappa shape index (κ2) is 4.53. The fourth-order valence-electron chi connectivity index (χ4n) is 2.39. The van der Waals surface area contributed by atoms with E-state index in [2.05, 4.69) is 37.6 Å². The highest BCUT2D eigenvalue weighted by Gasteiger charge is 2.31. The molecule has 0 bridgehead atoms. The number of rotatable bonds is 3. The third kappa shape index (κ3) is 2.14. The van der Waals surface area contributed by atoms with Gasteiger partial charge in [0, 0.05) is 31.0 Å². The standard InChI is InChI=1S/C13H17N5O/c1-9-6-10(2)18(16-9)11-7-17(8-11)13-14-5-4-12(15-13)19-3/h4-6,11H,7-8H2,1-3H3. The predicted molar refractivity (Wildman–Crippen MR) is 71.5 cm³/mol. The highest BCUT2D eigenvalue weighted by molar-refractivity contribution is 5.36. The molecule has 0 aromatic carbocycles. The quantitative estimate of drug-likeness (QED) is 0.833. The average molecular weight is 259 g/mol. The summed E-state index contributed by atoms with van der Waals surface area (Å²) < 4.78 is 7.20. The second-order valence-corrected chi connectivity index (χ2v) is 4.83. The van der Waals surface area contributed by atoms with E-state index in [1.165, 1.54) is 5.69 Å². The molecule has 0 radical (unpaired) electrons. The summed E-state index contributed by atoms with van der Waals surface area (Å²) in [6, 6.07) is 4.26. The molecule has 0 N–H and O–H groups in total. The lowest BCUT2D eigenvalue weighted by Gasteiger charge is -2.39. The van der Waals surface area contributed by atoms with E-state index in [4.69, 9.17) is 4.74 Å². The van der Waals surface area contributed by atoms with Crippen LogP contribution in [-0.4, -0.2) is 39.9 Å². The molecule has 0 atom stereocenters. The topological polar surface area (TPSA) is 56.1 Å². The highest BCUT2D eigenvalue weighted by Crippen LogP contribution is 2.26. The van der Waals surface area contributed by atoms with E-state index in [0.717, 1.165) is 24.7 Å². The molecule has 3 heterocycles. The van der Waals surface area contributed by atoms with Gasteiger partial charge in [-0.25, -0.2) is 4.98 Å². The molecule has 1 fully saturated rings. The van der Waals surface area contributed by atoms with Gasteiger partial charge in [-0.15, -0.1) is 0 Å². The molecule has 100 valence electrons. The Morgan fingerprint density at radius 1 is 1.32 bits per heavy atom. The molecule has 19 heavy (non-hydrogen) atoms. The molecule has 1 aliphatic rings. The van der Waals surface area contributed by atoms with Crippen molar-refractivity contribution in [2.45, 2.75) is 19.9 Å². The number of aromatic nitrogens is 4. The Morgan fingerprint density at radius 3 is 2.74 bits per heavy atom. The maximum Gasteiger partial charge on any atom is 0.228 e. The summed E-state index contributed by atoms with van der Waals surface area (Å²) in [5.74, 6) is 1.32. The van der Waals surface area contributed by atoms with Crippen molar-refractivity contribution in [3.05, 3.63) is 29.7 Å². The van der Waals surface area contributed by atoms with Crippen LogP contribution in [0.3, 0.4) is 0 Å². The zero-order chi connectivity index (χ0) is 13.4. The van der Waals surface area contributed by atoms with Gasteiger partial charge in [0.25, 0.3) is 0 Å². The minimum Gasteiger partial charge on any atom is -0.481 e. The van der Waals surface area contributed by atoms with Crippen LogP contribution in [-0.2, 0) is 0 Å². The number of hydrogen-bond donors (Lipinski definition) is 0. The van der Waals surface area contributed by atoms with Crippen molar-refractivity contribution in [3.63, 3.8) is 0 Å². The molecule has 0 amide bonds. The highest BCUT2D eigenvalue weighted by atomic mass is 16.5. The minimum absolute atomic E-state index is 0.406. The van der Waals surface area contributed by atoms with Crippen LogP contribution in [0.4, 0.5) is 5.95 Å². The zero-order valence-electron chi connectivity index (χ0n) is 11.4. The third-order valence-corrected chi connectivity index (χ3v) is 3.36. The summed E-state index contributed by atoms with van der Waals surface area (Å²) in [6.45, 7) is 5.88. The summed E-state index contributed by atoms with van der Waals surface area (Å²) in [5, 5.41) is 4.52. The maximum absolute atomic E-state index is 5.11. The number of aryl methyl sites for hydroxylation is 2. The van der Waals surface area contributed by atoms with Gasteiger partial charge in [0.1, 0.15) is 0 Å². The summed E-state index contributed by atoms with van der Waals surface area (Å²) in [7, 11) is 1.61. The molecular formula is C13H17N5O. The van der Waals surface area contributed by atoms with Gasteiger partial charge in [-0.3, -0.25) is 4.68 Å². The second-order valence-electron chi connectivity index (χ2n) is 4.83. The van der Waals surface area contributed by atoms with Gasteiger partial charge in [-0.05, 0) is 19.9 Å². The monoisotopic (exact) mass is 259 g/mol. The molecule has 6 nitrogen and oxygen atoms in total. The molecule has 1 saturated heterocycles. The summed E-state index contributed by atoms with van der Waals surface area (Å²) in [6.07, 6.45) is 1.72. The van der Waals surface area contributed by atoms with Crippen LogP contribution in [0.1, 0.15) is 17.4 Å². The van der Waals surface area contributed by atoms with Crippen molar-refractivity contribution in [3.8, 4) is 5.88 Å². The average Bonchev–Trinajstić information content (AvgIpc) is 2.67. The van der Waals surface area contributed by atoms with E-state index < -0.39 is 0 Å². The fourth-order valence-corrected chi connectivity index (χ4v) is 2.39. The van der Waals surface area contributed by atoms with Crippen LogP contribution in [0.5, 0.6) is 5.88 Å². The number of methoxy groups -OCH3 is 1. The Hall–Kier alpha value is -2.11. The smallest absolute Gasteiger partial charge is 0.228 e. The molecule has 2 aromatic rings. The Morgan fingerprint density at radius 2 is 2.11 bits per heavy atom. The Kier molecular flexibility index (Phi) is 2.85. The van der Waals surface area contributed by atoms with Gasteiger partial charge in [0.15, 0.2) is 0 Å². The van der Waals surface area contributed by atoms with Gasteiger partial charge >= 0.3 is 0 Å². The van der Waals surface area contributed by atoms with Crippen molar-refractivity contribution in [1.82, 2.24) is 19.7 Å². The summed E-state index contributed by atoms with van der Waals surface area (Å²) in [5.41, 5.74) is 2.27. The van der Waals surface area contributed by atoms with Gasteiger partial charge < -0.3 is 9.64 Å². The number of hydrogen-bond acceptors (Lipinski definition) is 5. The number of nitrogens with zero attached hydrogens (tertiary/aromatic N) is 5. The first-order valence-corrected chi connectivity index (χ1v) is 6.32. The Bertz CT molecular complexity index is 588. The molecule has 1 aliphatic heterocycles. The predicted octanol–water partition coefficient (Wildman–Crippen LogP) is 1.36. The molecule has 6 heteroatoms. The first kappa shape index (κ1) is 12.0. The molecule has 0 spiro atoms. The number of ether oxygens (including phenoxy) is 1. The van der Waals surface area contributed by atoms with Crippen molar-refractivity contribution < 1.29 is 4.74 Å². The van der Waals surface area contributed by atoms with Crippen LogP contribution in [0.2, 0.25) is 0 Å². The SMILES string of the molecule is COc1ccnc(N2CC(n3nc(C)cc3C)C2)n1. The normalized spacial score (nSPS) is 15.4. The van der Waals surface area contributed by atoms with Crippen molar-refractivity contribution in [2.24, 2.45) is 0 Å². The molecule has 0 saturated carbocycles. The molecule has 0 aliphatic carbocycles.